The summed E-state index contributed by atoms with van der Waals surface area (Å²) in [7, 11) is -1.65. The van der Waals surface area contributed by atoms with Crippen molar-refractivity contribution in [3.05, 3.63) is 17.3 Å². The molecule has 0 fully saturated rings. The van der Waals surface area contributed by atoms with E-state index in [1.54, 1.807) is 26.3 Å². The van der Waals surface area contributed by atoms with Crippen molar-refractivity contribution in [2.75, 3.05) is 19.8 Å². The van der Waals surface area contributed by atoms with Gasteiger partial charge in [-0.25, -0.2) is 9.98 Å². The fraction of sp³-hybridized carbons (Fsp3) is 0.500. The van der Waals surface area contributed by atoms with Gasteiger partial charge in [0.05, 0.1) is 24.0 Å². The molecule has 0 atom stereocenters. The summed E-state index contributed by atoms with van der Waals surface area (Å²) in [4.78, 5) is 10.4. The molecule has 0 aliphatic heterocycles. The van der Waals surface area contributed by atoms with Crippen LogP contribution in [0.25, 0.3) is 0 Å². The summed E-state index contributed by atoms with van der Waals surface area (Å²) < 4.78 is 27.0. The van der Waals surface area contributed by atoms with Crippen molar-refractivity contribution in [1.82, 2.24) is 9.88 Å². The second kappa shape index (κ2) is 6.01. The number of hydrogen-bond acceptors (Lipinski definition) is 5. The zero-order valence-corrected chi connectivity index (χ0v) is 12.7. The molecule has 106 valence electrons. The van der Waals surface area contributed by atoms with E-state index in [1.165, 1.54) is 0 Å². The summed E-state index contributed by atoms with van der Waals surface area (Å²) in [6.07, 6.45) is 2.70. The van der Waals surface area contributed by atoms with Gasteiger partial charge in [-0.2, -0.15) is 8.42 Å². The van der Waals surface area contributed by atoms with E-state index in [-0.39, 0.29) is 5.88 Å². The largest absolute Gasteiger partial charge is 0.366 e. The molecule has 0 bridgehead atoms. The van der Waals surface area contributed by atoms with Gasteiger partial charge in [-0.05, 0) is 26.8 Å². The highest BCUT2D eigenvalue weighted by Crippen LogP contribution is 2.25. The molecule has 0 radical (unpaired) electrons. The van der Waals surface area contributed by atoms with Gasteiger partial charge in [0, 0.05) is 19.2 Å². The SMILES string of the molecule is CCN(C)C=Nc1cc(C)c(OS(C)(=O)=O)nc1C. The molecule has 7 heteroatoms. The minimum atomic E-state index is -3.57. The second-order valence-electron chi connectivity index (χ2n) is 4.32. The molecule has 0 unspecified atom stereocenters. The Morgan fingerprint density at radius 3 is 2.63 bits per heavy atom. The quantitative estimate of drug-likeness (QED) is 0.467. The van der Waals surface area contributed by atoms with Gasteiger partial charge >= 0.3 is 10.1 Å². The lowest BCUT2D eigenvalue weighted by molar-refractivity contribution is 0.479. The minimum Gasteiger partial charge on any atom is -0.366 e. The summed E-state index contributed by atoms with van der Waals surface area (Å²) in [5.41, 5.74) is 1.94. The number of hydrogen-bond donors (Lipinski definition) is 0. The summed E-state index contributed by atoms with van der Waals surface area (Å²) >= 11 is 0. The van der Waals surface area contributed by atoms with Crippen LogP contribution in [-0.4, -0.2) is 44.5 Å². The zero-order chi connectivity index (χ0) is 14.6. The van der Waals surface area contributed by atoms with Gasteiger partial charge < -0.3 is 9.08 Å². The standard InChI is InChI=1S/C12H19N3O3S/c1-6-15(4)8-13-11-7-9(2)12(14-10(11)3)18-19(5,16)17/h7-8H,6H2,1-5H3. The molecular formula is C12H19N3O3S. The van der Waals surface area contributed by atoms with Crippen LogP contribution in [0.3, 0.4) is 0 Å². The van der Waals surface area contributed by atoms with Crippen LogP contribution in [0.4, 0.5) is 5.69 Å². The molecule has 6 nitrogen and oxygen atoms in total. The Balaban J connectivity index is 3.07. The van der Waals surface area contributed by atoms with Crippen molar-refractivity contribution in [1.29, 1.82) is 0 Å². The maximum absolute atomic E-state index is 11.1. The maximum atomic E-state index is 11.1. The Labute approximate surface area is 114 Å². The van der Waals surface area contributed by atoms with Crippen molar-refractivity contribution in [2.45, 2.75) is 20.8 Å². The molecule has 1 heterocycles. The lowest BCUT2D eigenvalue weighted by Crippen LogP contribution is -2.14. The summed E-state index contributed by atoms with van der Waals surface area (Å²) in [6.45, 7) is 6.36. The Morgan fingerprint density at radius 1 is 1.47 bits per heavy atom. The van der Waals surface area contributed by atoms with Crippen LogP contribution in [0.2, 0.25) is 0 Å². The molecule has 1 aromatic heterocycles. The third-order valence-electron chi connectivity index (χ3n) is 2.45. The highest BCUT2D eigenvalue weighted by atomic mass is 32.2. The first-order chi connectivity index (χ1) is 8.73. The molecule has 0 aliphatic carbocycles. The Kier molecular flexibility index (Phi) is 4.88. The number of aliphatic imine (C=N–C) groups is 1. The highest BCUT2D eigenvalue weighted by molar-refractivity contribution is 7.86. The van der Waals surface area contributed by atoms with Crippen molar-refractivity contribution >= 4 is 22.1 Å². The molecular weight excluding hydrogens is 266 g/mol. The predicted octanol–water partition coefficient (Wildman–Crippen LogP) is 1.65. The monoisotopic (exact) mass is 285 g/mol. The number of aromatic nitrogens is 1. The number of pyridine rings is 1. The van der Waals surface area contributed by atoms with E-state index in [9.17, 15) is 8.42 Å². The van der Waals surface area contributed by atoms with Crippen LogP contribution in [0.15, 0.2) is 11.1 Å². The van der Waals surface area contributed by atoms with Crippen LogP contribution in [0.1, 0.15) is 18.2 Å². The lowest BCUT2D eigenvalue weighted by atomic mass is 10.2. The van der Waals surface area contributed by atoms with Crippen LogP contribution < -0.4 is 4.18 Å². The van der Waals surface area contributed by atoms with Crippen molar-refractivity contribution in [2.24, 2.45) is 4.99 Å². The van der Waals surface area contributed by atoms with Crippen molar-refractivity contribution in [3.63, 3.8) is 0 Å². The third-order valence-corrected chi connectivity index (χ3v) is 2.91. The molecule has 0 aliphatic rings. The summed E-state index contributed by atoms with van der Waals surface area (Å²) in [5.74, 6) is 0.0998. The van der Waals surface area contributed by atoms with Gasteiger partial charge in [-0.15, -0.1) is 0 Å². The molecule has 0 aromatic carbocycles. The second-order valence-corrected chi connectivity index (χ2v) is 5.90. The first-order valence-electron chi connectivity index (χ1n) is 5.85. The van der Waals surface area contributed by atoms with Gasteiger partial charge in [-0.1, -0.05) is 0 Å². The topological polar surface area (TPSA) is 71.9 Å². The van der Waals surface area contributed by atoms with Crippen LogP contribution >= 0.6 is 0 Å². The third kappa shape index (κ3) is 4.86. The normalized spacial score (nSPS) is 11.8. The molecule has 0 saturated heterocycles. The summed E-state index contributed by atoms with van der Waals surface area (Å²) in [5, 5.41) is 0. The molecule has 1 aromatic rings. The van der Waals surface area contributed by atoms with E-state index in [4.69, 9.17) is 4.18 Å². The lowest BCUT2D eigenvalue weighted by Gasteiger charge is -2.10. The molecule has 19 heavy (non-hydrogen) atoms. The molecule has 0 amide bonds. The zero-order valence-electron chi connectivity index (χ0n) is 11.8. The van der Waals surface area contributed by atoms with Crippen LogP contribution in [0, 0.1) is 13.8 Å². The minimum absolute atomic E-state index is 0.0998. The number of aryl methyl sites for hydroxylation is 2. The van der Waals surface area contributed by atoms with Crippen molar-refractivity contribution < 1.29 is 12.6 Å². The van der Waals surface area contributed by atoms with Gasteiger partial charge in [-0.3, -0.25) is 0 Å². The van der Waals surface area contributed by atoms with Crippen molar-refractivity contribution in [3.8, 4) is 5.88 Å². The van der Waals surface area contributed by atoms with E-state index >= 15 is 0 Å². The predicted molar refractivity (Wildman–Crippen MR) is 75.6 cm³/mol. The first kappa shape index (κ1) is 15.4. The Hall–Kier alpha value is -1.63. The van der Waals surface area contributed by atoms with Gasteiger partial charge in [0.15, 0.2) is 0 Å². The smallest absolute Gasteiger partial charge is 0.307 e. The number of rotatable bonds is 5. The fourth-order valence-corrected chi connectivity index (χ4v) is 1.73. The van der Waals surface area contributed by atoms with Gasteiger partial charge in [0.2, 0.25) is 5.88 Å². The van der Waals surface area contributed by atoms with E-state index in [0.717, 1.165) is 12.8 Å². The van der Waals surface area contributed by atoms with Gasteiger partial charge in [0.1, 0.15) is 0 Å². The number of nitrogens with zero attached hydrogens (tertiary/aromatic N) is 3. The van der Waals surface area contributed by atoms with E-state index in [0.29, 0.717) is 16.9 Å². The Morgan fingerprint density at radius 2 is 2.11 bits per heavy atom. The molecule has 0 saturated carbocycles. The molecule has 0 N–H and O–H groups in total. The fourth-order valence-electron chi connectivity index (χ4n) is 1.27. The highest BCUT2D eigenvalue weighted by Gasteiger charge is 2.11. The van der Waals surface area contributed by atoms with Crippen LogP contribution in [0.5, 0.6) is 5.88 Å². The average Bonchev–Trinajstić information content (AvgIpc) is 2.29. The van der Waals surface area contributed by atoms with E-state index in [1.807, 2.05) is 18.9 Å². The Bertz CT molecular complexity index is 582. The first-order valence-corrected chi connectivity index (χ1v) is 7.66. The van der Waals surface area contributed by atoms with Crippen LogP contribution in [-0.2, 0) is 10.1 Å². The molecule has 0 spiro atoms. The molecule has 1 rings (SSSR count). The van der Waals surface area contributed by atoms with E-state index < -0.39 is 10.1 Å². The maximum Gasteiger partial charge on any atom is 0.307 e. The summed E-state index contributed by atoms with van der Waals surface area (Å²) in [6, 6.07) is 1.75. The van der Waals surface area contributed by atoms with E-state index in [2.05, 4.69) is 9.98 Å². The van der Waals surface area contributed by atoms with Gasteiger partial charge in [0.25, 0.3) is 0 Å². The average molecular weight is 285 g/mol.